The van der Waals surface area contributed by atoms with Crippen LogP contribution in [0, 0.1) is 0 Å². The summed E-state index contributed by atoms with van der Waals surface area (Å²) >= 11 is 0. The van der Waals surface area contributed by atoms with Gasteiger partial charge in [0.1, 0.15) is 6.54 Å². The average Bonchev–Trinajstić information content (AvgIpc) is 2.23. The quantitative estimate of drug-likeness (QED) is 0.737. The first kappa shape index (κ1) is 14.4. The molecule has 4 heteroatoms. The minimum atomic E-state index is -0.393. The van der Waals surface area contributed by atoms with Crippen LogP contribution < -0.4 is 5.56 Å². The normalized spacial score (nSPS) is 8.94. The van der Waals surface area contributed by atoms with Crippen LogP contribution in [0.3, 0.4) is 0 Å². The highest BCUT2D eigenvalue weighted by atomic mass is 16.5. The highest BCUT2D eigenvalue weighted by molar-refractivity contribution is 5.69. The number of hydrogen-bond acceptors (Lipinski definition) is 3. The summed E-state index contributed by atoms with van der Waals surface area (Å²) < 4.78 is 6.01. The smallest absolute Gasteiger partial charge is 0.326 e. The van der Waals surface area contributed by atoms with E-state index in [-0.39, 0.29) is 12.1 Å². The SMILES string of the molecule is CCC.CCOC(=O)Cn1ccccc1=O. The summed E-state index contributed by atoms with van der Waals surface area (Å²) in [5.41, 5.74) is -0.199. The topological polar surface area (TPSA) is 48.3 Å². The number of nitrogens with zero attached hydrogens (tertiary/aromatic N) is 1. The van der Waals surface area contributed by atoms with Crippen LogP contribution in [-0.4, -0.2) is 17.1 Å². The minimum absolute atomic E-state index is 0.0203. The van der Waals surface area contributed by atoms with Gasteiger partial charge >= 0.3 is 5.97 Å². The molecule has 0 saturated carbocycles. The van der Waals surface area contributed by atoms with Crippen LogP contribution in [0.15, 0.2) is 29.2 Å². The maximum Gasteiger partial charge on any atom is 0.326 e. The first-order chi connectivity index (χ1) is 7.65. The largest absolute Gasteiger partial charge is 0.465 e. The number of rotatable bonds is 3. The maximum absolute atomic E-state index is 11.1. The van der Waals surface area contributed by atoms with E-state index in [1.807, 2.05) is 0 Å². The Hall–Kier alpha value is -1.58. The van der Waals surface area contributed by atoms with Crippen LogP contribution >= 0.6 is 0 Å². The standard InChI is InChI=1S/C9H11NO3.C3H8/c1-2-13-9(12)7-10-6-4-3-5-8(10)11;1-3-2/h3-6H,2,7H2,1H3;3H2,1-2H3. The molecule has 1 rings (SSSR count). The van der Waals surface area contributed by atoms with Crippen molar-refractivity contribution in [2.45, 2.75) is 33.7 Å². The van der Waals surface area contributed by atoms with Gasteiger partial charge in [0.05, 0.1) is 6.61 Å². The summed E-state index contributed by atoms with van der Waals surface area (Å²) in [6.07, 6.45) is 2.80. The molecule has 0 unspecified atom stereocenters. The highest BCUT2D eigenvalue weighted by Gasteiger charge is 2.02. The average molecular weight is 225 g/mol. The van der Waals surface area contributed by atoms with Gasteiger partial charge in [-0.25, -0.2) is 0 Å². The molecule has 1 aromatic heterocycles. The summed E-state index contributed by atoms with van der Waals surface area (Å²) in [6.45, 7) is 6.29. The van der Waals surface area contributed by atoms with Gasteiger partial charge in [-0.15, -0.1) is 0 Å². The van der Waals surface area contributed by atoms with Crippen LogP contribution in [0.25, 0.3) is 0 Å². The van der Waals surface area contributed by atoms with Gasteiger partial charge in [0.15, 0.2) is 0 Å². The molecule has 90 valence electrons. The number of carbonyl (C=O) groups is 1. The number of ether oxygens (including phenoxy) is 1. The van der Waals surface area contributed by atoms with E-state index in [9.17, 15) is 9.59 Å². The van der Waals surface area contributed by atoms with E-state index >= 15 is 0 Å². The lowest BCUT2D eigenvalue weighted by molar-refractivity contribution is -0.143. The van der Waals surface area contributed by atoms with Crippen molar-refractivity contribution in [2.24, 2.45) is 0 Å². The van der Waals surface area contributed by atoms with Crippen molar-refractivity contribution in [1.29, 1.82) is 0 Å². The number of carbonyl (C=O) groups excluding carboxylic acids is 1. The molecule has 1 aromatic rings. The predicted octanol–water partition coefficient (Wildman–Crippen LogP) is 1.83. The fourth-order valence-electron chi connectivity index (χ4n) is 0.937. The van der Waals surface area contributed by atoms with Gasteiger partial charge in [-0.05, 0) is 13.0 Å². The Balaban J connectivity index is 0.000000673. The van der Waals surface area contributed by atoms with E-state index in [1.54, 1.807) is 25.3 Å². The van der Waals surface area contributed by atoms with Crippen molar-refractivity contribution < 1.29 is 9.53 Å². The molecule has 0 bridgehead atoms. The van der Waals surface area contributed by atoms with E-state index in [0.29, 0.717) is 6.61 Å². The molecule has 0 fully saturated rings. The van der Waals surface area contributed by atoms with Crippen LogP contribution in [0.1, 0.15) is 27.2 Å². The van der Waals surface area contributed by atoms with Gasteiger partial charge in [0.2, 0.25) is 0 Å². The van der Waals surface area contributed by atoms with Crippen molar-refractivity contribution in [1.82, 2.24) is 4.57 Å². The predicted molar refractivity (Wildman–Crippen MR) is 63.3 cm³/mol. The molecule has 1 heterocycles. The molecule has 0 aliphatic carbocycles. The first-order valence-electron chi connectivity index (χ1n) is 5.46. The lowest BCUT2D eigenvalue weighted by Crippen LogP contribution is -2.23. The number of aromatic nitrogens is 1. The van der Waals surface area contributed by atoms with E-state index in [2.05, 4.69) is 13.8 Å². The lowest BCUT2D eigenvalue weighted by atomic mass is 10.4. The van der Waals surface area contributed by atoms with Crippen LogP contribution in [-0.2, 0) is 16.1 Å². The van der Waals surface area contributed by atoms with Gasteiger partial charge in [-0.3, -0.25) is 9.59 Å². The molecule has 16 heavy (non-hydrogen) atoms. The van der Waals surface area contributed by atoms with E-state index in [0.717, 1.165) is 0 Å². The number of pyridine rings is 1. The molecule has 0 aromatic carbocycles. The van der Waals surface area contributed by atoms with Crippen molar-refractivity contribution in [3.8, 4) is 0 Å². The summed E-state index contributed by atoms with van der Waals surface area (Å²) in [5, 5.41) is 0. The molecular weight excluding hydrogens is 206 g/mol. The number of esters is 1. The Morgan fingerprint density at radius 3 is 2.44 bits per heavy atom. The van der Waals surface area contributed by atoms with Gasteiger partial charge in [-0.1, -0.05) is 26.3 Å². The molecule has 0 aliphatic rings. The fraction of sp³-hybridized carbons (Fsp3) is 0.500. The van der Waals surface area contributed by atoms with Gasteiger partial charge in [0.25, 0.3) is 5.56 Å². The summed E-state index contributed by atoms with van der Waals surface area (Å²) in [5.74, 6) is -0.393. The molecule has 0 radical (unpaired) electrons. The zero-order chi connectivity index (χ0) is 12.4. The Labute approximate surface area is 95.9 Å². The molecule has 0 spiro atoms. The zero-order valence-corrected chi connectivity index (χ0v) is 10.1. The Morgan fingerprint density at radius 1 is 1.31 bits per heavy atom. The van der Waals surface area contributed by atoms with Crippen molar-refractivity contribution in [3.05, 3.63) is 34.7 Å². The molecule has 0 aliphatic heterocycles. The second-order valence-corrected chi connectivity index (χ2v) is 3.18. The van der Waals surface area contributed by atoms with Gasteiger partial charge < -0.3 is 9.30 Å². The Kier molecular flexibility index (Phi) is 7.85. The molecule has 0 N–H and O–H groups in total. The van der Waals surface area contributed by atoms with Gasteiger partial charge in [-0.2, -0.15) is 0 Å². The van der Waals surface area contributed by atoms with E-state index in [1.165, 1.54) is 17.1 Å². The fourth-order valence-corrected chi connectivity index (χ4v) is 0.937. The molecule has 4 nitrogen and oxygen atoms in total. The third-order valence-electron chi connectivity index (χ3n) is 1.50. The zero-order valence-electron chi connectivity index (χ0n) is 10.1. The minimum Gasteiger partial charge on any atom is -0.465 e. The number of hydrogen-bond donors (Lipinski definition) is 0. The van der Waals surface area contributed by atoms with E-state index < -0.39 is 5.97 Å². The van der Waals surface area contributed by atoms with E-state index in [4.69, 9.17) is 4.74 Å². The molecule has 0 atom stereocenters. The Morgan fingerprint density at radius 2 is 1.94 bits per heavy atom. The van der Waals surface area contributed by atoms with Crippen molar-refractivity contribution in [2.75, 3.05) is 6.61 Å². The third kappa shape index (κ3) is 6.01. The third-order valence-corrected chi connectivity index (χ3v) is 1.50. The monoisotopic (exact) mass is 225 g/mol. The highest BCUT2D eigenvalue weighted by Crippen LogP contribution is 1.85. The first-order valence-corrected chi connectivity index (χ1v) is 5.46. The summed E-state index contributed by atoms with van der Waals surface area (Å²) in [6, 6.07) is 4.73. The second kappa shape index (κ2) is 8.71. The molecular formula is C12H19NO3. The van der Waals surface area contributed by atoms with Crippen LogP contribution in [0.4, 0.5) is 0 Å². The van der Waals surface area contributed by atoms with Crippen molar-refractivity contribution >= 4 is 5.97 Å². The van der Waals surface area contributed by atoms with Crippen molar-refractivity contribution in [3.63, 3.8) is 0 Å². The Bertz CT molecular complexity index is 357. The lowest BCUT2D eigenvalue weighted by Gasteiger charge is -2.03. The van der Waals surface area contributed by atoms with Gasteiger partial charge in [0, 0.05) is 12.3 Å². The van der Waals surface area contributed by atoms with Crippen LogP contribution in [0.2, 0.25) is 0 Å². The molecule has 0 amide bonds. The molecule has 0 saturated heterocycles. The maximum atomic E-state index is 11.1. The second-order valence-electron chi connectivity index (χ2n) is 3.18. The van der Waals surface area contributed by atoms with Crippen LogP contribution in [0.5, 0.6) is 0 Å². The summed E-state index contributed by atoms with van der Waals surface area (Å²) in [7, 11) is 0. The summed E-state index contributed by atoms with van der Waals surface area (Å²) in [4.78, 5) is 22.1.